The van der Waals surface area contributed by atoms with Gasteiger partial charge in [0.1, 0.15) is 5.75 Å². The summed E-state index contributed by atoms with van der Waals surface area (Å²) in [6.45, 7) is 2.62. The molecule has 0 aliphatic carbocycles. The van der Waals surface area contributed by atoms with Gasteiger partial charge in [0.15, 0.2) is 0 Å². The largest absolute Gasteiger partial charge is 0.491 e. The molecule has 0 bridgehead atoms. The lowest BCUT2D eigenvalue weighted by Gasteiger charge is -2.16. The summed E-state index contributed by atoms with van der Waals surface area (Å²) in [4.78, 5) is 0. The SMILES string of the molecule is Cc1ccc(OCC(CBr)c2ccccc2)c(Cl)c1. The van der Waals surface area contributed by atoms with Gasteiger partial charge in [-0.2, -0.15) is 0 Å². The van der Waals surface area contributed by atoms with Gasteiger partial charge in [-0.3, -0.25) is 0 Å². The van der Waals surface area contributed by atoms with Gasteiger partial charge >= 0.3 is 0 Å². The second kappa shape index (κ2) is 6.97. The molecule has 1 unspecified atom stereocenters. The summed E-state index contributed by atoms with van der Waals surface area (Å²) in [5.74, 6) is 1.06. The monoisotopic (exact) mass is 338 g/mol. The van der Waals surface area contributed by atoms with Gasteiger partial charge in [-0.25, -0.2) is 0 Å². The molecule has 0 aliphatic heterocycles. The molecule has 2 rings (SSSR count). The highest BCUT2D eigenvalue weighted by Crippen LogP contribution is 2.27. The molecule has 100 valence electrons. The number of halogens is 2. The Labute approximate surface area is 127 Å². The Balaban J connectivity index is 2.04. The molecule has 2 aromatic carbocycles. The minimum absolute atomic E-state index is 0.318. The average molecular weight is 340 g/mol. The summed E-state index contributed by atoms with van der Waals surface area (Å²) >= 11 is 9.71. The van der Waals surface area contributed by atoms with Gasteiger partial charge in [0.2, 0.25) is 0 Å². The van der Waals surface area contributed by atoms with E-state index in [4.69, 9.17) is 16.3 Å². The molecule has 0 radical (unpaired) electrons. The smallest absolute Gasteiger partial charge is 0.137 e. The molecule has 0 N–H and O–H groups in total. The van der Waals surface area contributed by atoms with Crippen molar-refractivity contribution in [1.29, 1.82) is 0 Å². The number of alkyl halides is 1. The maximum atomic E-state index is 6.17. The Morgan fingerprint density at radius 2 is 1.89 bits per heavy atom. The zero-order valence-electron chi connectivity index (χ0n) is 10.8. The highest BCUT2D eigenvalue weighted by atomic mass is 79.9. The van der Waals surface area contributed by atoms with E-state index in [1.165, 1.54) is 5.56 Å². The molecule has 0 fully saturated rings. The molecule has 0 saturated carbocycles. The van der Waals surface area contributed by atoms with Crippen LogP contribution >= 0.6 is 27.5 Å². The lowest BCUT2D eigenvalue weighted by molar-refractivity contribution is 0.298. The van der Waals surface area contributed by atoms with Gasteiger partial charge in [0.25, 0.3) is 0 Å². The molecule has 0 aromatic heterocycles. The Kier molecular flexibility index (Phi) is 5.29. The van der Waals surface area contributed by atoms with Gasteiger partial charge in [0.05, 0.1) is 11.6 Å². The first-order valence-electron chi connectivity index (χ1n) is 6.20. The highest BCUT2D eigenvalue weighted by Gasteiger charge is 2.11. The summed E-state index contributed by atoms with van der Waals surface area (Å²) in [5, 5.41) is 1.53. The fraction of sp³-hybridized carbons (Fsp3) is 0.250. The lowest BCUT2D eigenvalue weighted by atomic mass is 10.0. The first-order valence-corrected chi connectivity index (χ1v) is 7.70. The summed E-state index contributed by atoms with van der Waals surface area (Å²) in [5.41, 5.74) is 2.40. The van der Waals surface area contributed by atoms with Crippen LogP contribution in [0.4, 0.5) is 0 Å². The van der Waals surface area contributed by atoms with Crippen LogP contribution in [0.3, 0.4) is 0 Å². The molecule has 0 aliphatic rings. The van der Waals surface area contributed by atoms with E-state index in [2.05, 4.69) is 28.1 Å². The van der Waals surface area contributed by atoms with E-state index in [0.29, 0.717) is 17.5 Å². The summed E-state index contributed by atoms with van der Waals surface area (Å²) in [6.07, 6.45) is 0. The van der Waals surface area contributed by atoms with E-state index in [9.17, 15) is 0 Å². The fourth-order valence-electron chi connectivity index (χ4n) is 1.87. The molecular formula is C16H16BrClO. The Hall–Kier alpha value is -0.990. The van der Waals surface area contributed by atoms with Crippen molar-refractivity contribution in [2.45, 2.75) is 12.8 Å². The number of hydrogen-bond donors (Lipinski definition) is 0. The van der Waals surface area contributed by atoms with Crippen molar-refractivity contribution in [3.63, 3.8) is 0 Å². The minimum atomic E-state index is 0.318. The van der Waals surface area contributed by atoms with Crippen molar-refractivity contribution >= 4 is 27.5 Å². The normalized spacial score (nSPS) is 12.2. The van der Waals surface area contributed by atoms with Crippen molar-refractivity contribution in [3.8, 4) is 5.75 Å². The van der Waals surface area contributed by atoms with Crippen LogP contribution in [0, 0.1) is 6.92 Å². The summed E-state index contributed by atoms with van der Waals surface area (Å²) < 4.78 is 5.84. The van der Waals surface area contributed by atoms with Crippen molar-refractivity contribution in [3.05, 3.63) is 64.7 Å². The fourth-order valence-corrected chi connectivity index (χ4v) is 2.72. The number of hydrogen-bond acceptors (Lipinski definition) is 1. The van der Waals surface area contributed by atoms with Gasteiger partial charge < -0.3 is 4.74 Å². The molecule has 3 heteroatoms. The van der Waals surface area contributed by atoms with E-state index < -0.39 is 0 Å². The quantitative estimate of drug-likeness (QED) is 0.680. The standard InChI is InChI=1S/C16H16BrClO/c1-12-7-8-16(15(18)9-12)19-11-14(10-17)13-5-3-2-4-6-13/h2-9,14H,10-11H2,1H3. The van der Waals surface area contributed by atoms with Crippen molar-refractivity contribution in [2.75, 3.05) is 11.9 Å². The van der Waals surface area contributed by atoms with E-state index in [1.807, 2.05) is 43.3 Å². The van der Waals surface area contributed by atoms with Gasteiger partial charge in [0, 0.05) is 11.2 Å². The van der Waals surface area contributed by atoms with E-state index >= 15 is 0 Å². The van der Waals surface area contributed by atoms with Crippen molar-refractivity contribution < 1.29 is 4.74 Å². The molecule has 0 heterocycles. The lowest BCUT2D eigenvalue weighted by Crippen LogP contribution is -2.11. The number of aryl methyl sites for hydroxylation is 1. The summed E-state index contributed by atoms with van der Waals surface area (Å²) in [7, 11) is 0. The first-order chi connectivity index (χ1) is 9.20. The topological polar surface area (TPSA) is 9.23 Å². The molecule has 19 heavy (non-hydrogen) atoms. The third-order valence-electron chi connectivity index (χ3n) is 2.98. The number of ether oxygens (including phenoxy) is 1. The molecular weight excluding hydrogens is 324 g/mol. The second-order valence-electron chi connectivity index (χ2n) is 4.51. The van der Waals surface area contributed by atoms with Crippen molar-refractivity contribution in [1.82, 2.24) is 0 Å². The number of rotatable bonds is 5. The zero-order valence-corrected chi connectivity index (χ0v) is 13.1. The molecule has 0 spiro atoms. The summed E-state index contributed by atoms with van der Waals surface area (Å²) in [6, 6.07) is 16.2. The Bertz CT molecular complexity index is 528. The average Bonchev–Trinajstić information content (AvgIpc) is 2.43. The van der Waals surface area contributed by atoms with Crippen LogP contribution in [-0.2, 0) is 0 Å². The number of benzene rings is 2. The van der Waals surface area contributed by atoms with E-state index in [-0.39, 0.29) is 0 Å². The molecule has 1 atom stereocenters. The van der Waals surface area contributed by atoms with Crippen LogP contribution in [0.5, 0.6) is 5.75 Å². The zero-order chi connectivity index (χ0) is 13.7. The van der Waals surface area contributed by atoms with Gasteiger partial charge in [-0.05, 0) is 30.2 Å². The highest BCUT2D eigenvalue weighted by molar-refractivity contribution is 9.09. The maximum absolute atomic E-state index is 6.17. The second-order valence-corrected chi connectivity index (χ2v) is 5.56. The third-order valence-corrected chi connectivity index (χ3v) is 4.06. The maximum Gasteiger partial charge on any atom is 0.137 e. The molecule has 0 amide bonds. The van der Waals surface area contributed by atoms with Gasteiger partial charge in [-0.15, -0.1) is 0 Å². The van der Waals surface area contributed by atoms with E-state index in [1.54, 1.807) is 0 Å². The molecule has 0 saturated heterocycles. The van der Waals surface area contributed by atoms with Crippen LogP contribution in [0.1, 0.15) is 17.0 Å². The van der Waals surface area contributed by atoms with Crippen LogP contribution in [0.2, 0.25) is 5.02 Å². The van der Waals surface area contributed by atoms with E-state index in [0.717, 1.165) is 16.6 Å². The predicted molar refractivity (Wildman–Crippen MR) is 84.7 cm³/mol. The predicted octanol–water partition coefficient (Wildman–Crippen LogP) is 5.21. The molecule has 1 nitrogen and oxygen atoms in total. The Morgan fingerprint density at radius 3 is 2.53 bits per heavy atom. The molecule has 2 aromatic rings. The van der Waals surface area contributed by atoms with Crippen molar-refractivity contribution in [2.24, 2.45) is 0 Å². The van der Waals surface area contributed by atoms with Crippen LogP contribution < -0.4 is 4.74 Å². The van der Waals surface area contributed by atoms with Crippen LogP contribution in [0.25, 0.3) is 0 Å². The Morgan fingerprint density at radius 1 is 1.16 bits per heavy atom. The first kappa shape index (κ1) is 14.4. The van der Waals surface area contributed by atoms with Gasteiger partial charge in [-0.1, -0.05) is 63.9 Å². The minimum Gasteiger partial charge on any atom is -0.491 e. The van der Waals surface area contributed by atoms with Crippen LogP contribution in [0.15, 0.2) is 48.5 Å². The van der Waals surface area contributed by atoms with Crippen LogP contribution in [-0.4, -0.2) is 11.9 Å². The third kappa shape index (κ3) is 3.99.